The molecule has 0 atom stereocenters. The molecule has 0 unspecified atom stereocenters. The predicted molar refractivity (Wildman–Crippen MR) is 107 cm³/mol. The van der Waals surface area contributed by atoms with Gasteiger partial charge in [-0.15, -0.1) is 0 Å². The van der Waals surface area contributed by atoms with Crippen LogP contribution in [-0.4, -0.2) is 28.9 Å². The third kappa shape index (κ3) is 4.01. The van der Waals surface area contributed by atoms with E-state index >= 15 is 0 Å². The molecule has 0 bridgehead atoms. The fourth-order valence-electron chi connectivity index (χ4n) is 3.40. The Hall–Kier alpha value is -3.28. The molecule has 1 N–H and O–H groups in total. The van der Waals surface area contributed by atoms with E-state index in [0.717, 1.165) is 18.5 Å². The Labute approximate surface area is 164 Å². The molecular weight excluding hydrogens is 354 g/mol. The molecule has 3 aromatic rings. The zero-order chi connectivity index (χ0) is 19.3. The second kappa shape index (κ2) is 8.17. The van der Waals surface area contributed by atoms with Gasteiger partial charge in [0.2, 0.25) is 0 Å². The first kappa shape index (κ1) is 18.1. The number of ether oxygens (including phenoxy) is 2. The lowest BCUT2D eigenvalue weighted by molar-refractivity contribution is 0.102. The van der Waals surface area contributed by atoms with Gasteiger partial charge in [0.15, 0.2) is 17.3 Å². The van der Waals surface area contributed by atoms with Gasteiger partial charge in [0.25, 0.3) is 5.91 Å². The van der Waals surface area contributed by atoms with Crippen molar-refractivity contribution in [2.75, 3.05) is 12.4 Å². The van der Waals surface area contributed by atoms with E-state index in [4.69, 9.17) is 9.47 Å². The van der Waals surface area contributed by atoms with Crippen molar-refractivity contribution in [1.29, 1.82) is 0 Å². The van der Waals surface area contributed by atoms with Gasteiger partial charge in [-0.25, -0.2) is 4.68 Å². The fourth-order valence-corrected chi connectivity index (χ4v) is 3.40. The van der Waals surface area contributed by atoms with Crippen LogP contribution in [0.5, 0.6) is 11.5 Å². The van der Waals surface area contributed by atoms with Gasteiger partial charge in [-0.05, 0) is 56.0 Å². The minimum Gasteiger partial charge on any atom is -0.493 e. The summed E-state index contributed by atoms with van der Waals surface area (Å²) in [5, 5.41) is 7.23. The zero-order valence-corrected chi connectivity index (χ0v) is 15.8. The van der Waals surface area contributed by atoms with Crippen molar-refractivity contribution in [1.82, 2.24) is 9.78 Å². The van der Waals surface area contributed by atoms with Crippen molar-refractivity contribution in [3.8, 4) is 17.2 Å². The van der Waals surface area contributed by atoms with Crippen LogP contribution in [0.25, 0.3) is 5.69 Å². The molecule has 1 saturated carbocycles. The van der Waals surface area contributed by atoms with E-state index in [2.05, 4.69) is 10.4 Å². The number of nitrogens with one attached hydrogen (secondary N) is 1. The number of carbonyl (C=O) groups excluding carboxylic acids is 1. The minimum atomic E-state index is -0.246. The number of hydrogen-bond donors (Lipinski definition) is 1. The van der Waals surface area contributed by atoms with E-state index in [9.17, 15) is 4.79 Å². The molecule has 0 saturated heterocycles. The lowest BCUT2D eigenvalue weighted by atomic mass is 10.2. The van der Waals surface area contributed by atoms with Gasteiger partial charge in [0, 0.05) is 17.8 Å². The third-order valence-electron chi connectivity index (χ3n) is 4.87. The molecule has 6 heteroatoms. The van der Waals surface area contributed by atoms with Gasteiger partial charge in [-0.3, -0.25) is 4.79 Å². The number of amides is 1. The summed E-state index contributed by atoms with van der Waals surface area (Å²) in [6.07, 6.45) is 6.57. The Morgan fingerprint density at radius 1 is 1.07 bits per heavy atom. The topological polar surface area (TPSA) is 65.4 Å². The molecule has 1 aliphatic carbocycles. The molecular formula is C22H23N3O3. The average molecular weight is 377 g/mol. The first-order valence-electron chi connectivity index (χ1n) is 9.50. The van der Waals surface area contributed by atoms with Crippen molar-refractivity contribution in [3.63, 3.8) is 0 Å². The summed E-state index contributed by atoms with van der Waals surface area (Å²) < 4.78 is 13.2. The molecule has 28 heavy (non-hydrogen) atoms. The number of methoxy groups -OCH3 is 1. The maximum Gasteiger partial charge on any atom is 0.257 e. The van der Waals surface area contributed by atoms with E-state index < -0.39 is 0 Å². The Balaban J connectivity index is 1.46. The van der Waals surface area contributed by atoms with Gasteiger partial charge in [0.1, 0.15) is 0 Å². The maximum atomic E-state index is 12.6. The van der Waals surface area contributed by atoms with Crippen LogP contribution in [0.2, 0.25) is 0 Å². The van der Waals surface area contributed by atoms with Crippen molar-refractivity contribution < 1.29 is 14.3 Å². The number of hydrogen-bond acceptors (Lipinski definition) is 4. The monoisotopic (exact) mass is 377 g/mol. The van der Waals surface area contributed by atoms with E-state index in [-0.39, 0.29) is 12.0 Å². The summed E-state index contributed by atoms with van der Waals surface area (Å²) in [4.78, 5) is 12.6. The molecule has 2 aromatic carbocycles. The third-order valence-corrected chi connectivity index (χ3v) is 4.87. The molecule has 4 rings (SSSR count). The van der Waals surface area contributed by atoms with Crippen LogP contribution in [0.15, 0.2) is 60.8 Å². The van der Waals surface area contributed by atoms with E-state index in [1.807, 2.05) is 36.5 Å². The maximum absolute atomic E-state index is 12.6. The van der Waals surface area contributed by atoms with Crippen LogP contribution in [-0.2, 0) is 0 Å². The molecule has 1 heterocycles. The molecule has 144 valence electrons. The summed E-state index contributed by atoms with van der Waals surface area (Å²) in [6, 6.07) is 16.7. The molecule has 6 nitrogen and oxygen atoms in total. The van der Waals surface area contributed by atoms with Gasteiger partial charge in [-0.1, -0.05) is 18.2 Å². The first-order chi connectivity index (χ1) is 13.7. The van der Waals surface area contributed by atoms with Crippen LogP contribution in [0.1, 0.15) is 36.0 Å². The summed E-state index contributed by atoms with van der Waals surface area (Å²) in [7, 11) is 1.58. The predicted octanol–water partition coefficient (Wildman–Crippen LogP) is 4.45. The van der Waals surface area contributed by atoms with Crippen LogP contribution < -0.4 is 14.8 Å². The Bertz CT molecular complexity index is 947. The number of nitrogens with zero attached hydrogens (tertiary/aromatic N) is 2. The molecule has 0 spiro atoms. The zero-order valence-electron chi connectivity index (χ0n) is 15.8. The lowest BCUT2D eigenvalue weighted by Gasteiger charge is -2.16. The lowest BCUT2D eigenvalue weighted by Crippen LogP contribution is -2.14. The fraction of sp³-hybridized carbons (Fsp3) is 0.273. The molecule has 1 amide bonds. The summed E-state index contributed by atoms with van der Waals surface area (Å²) in [5.74, 6) is 1.48. The second-order valence-corrected chi connectivity index (χ2v) is 6.83. The van der Waals surface area contributed by atoms with Crippen molar-refractivity contribution in [3.05, 3.63) is 66.4 Å². The molecule has 0 radical (unpaired) electrons. The molecule has 0 aliphatic heterocycles. The van der Waals surface area contributed by atoms with Gasteiger partial charge < -0.3 is 14.8 Å². The van der Waals surface area contributed by atoms with E-state index in [1.165, 1.54) is 12.8 Å². The van der Waals surface area contributed by atoms with E-state index in [1.54, 1.807) is 36.1 Å². The summed E-state index contributed by atoms with van der Waals surface area (Å²) in [5.41, 5.74) is 1.42. The molecule has 1 fully saturated rings. The van der Waals surface area contributed by atoms with Gasteiger partial charge in [0.05, 0.1) is 18.9 Å². The molecule has 1 aromatic heterocycles. The molecule has 1 aliphatic rings. The highest BCUT2D eigenvalue weighted by Crippen LogP contribution is 2.32. The highest BCUT2D eigenvalue weighted by molar-refractivity contribution is 6.04. The minimum absolute atomic E-state index is 0.232. The Morgan fingerprint density at radius 3 is 2.61 bits per heavy atom. The normalized spacial score (nSPS) is 14.0. The largest absolute Gasteiger partial charge is 0.493 e. The van der Waals surface area contributed by atoms with Crippen LogP contribution >= 0.6 is 0 Å². The van der Waals surface area contributed by atoms with Crippen molar-refractivity contribution in [2.24, 2.45) is 0 Å². The standard InChI is InChI=1S/C22H23N3O3/c1-27-20-15-16(11-12-19(20)28-18-9-5-6-10-18)22(26)23-21-13-14-25(24-21)17-7-3-2-4-8-17/h2-4,7-8,11-15,18H,5-6,9-10H2,1H3,(H,23,24,26). The summed E-state index contributed by atoms with van der Waals surface area (Å²) >= 11 is 0. The average Bonchev–Trinajstić information content (AvgIpc) is 3.41. The quantitative estimate of drug-likeness (QED) is 0.689. The van der Waals surface area contributed by atoms with Gasteiger partial charge in [-0.2, -0.15) is 5.10 Å². The van der Waals surface area contributed by atoms with Crippen molar-refractivity contribution >= 4 is 11.7 Å². The number of anilines is 1. The Kier molecular flexibility index (Phi) is 5.28. The van der Waals surface area contributed by atoms with Crippen LogP contribution in [0, 0.1) is 0 Å². The number of aromatic nitrogens is 2. The number of carbonyl (C=O) groups is 1. The number of para-hydroxylation sites is 1. The number of rotatable bonds is 6. The second-order valence-electron chi connectivity index (χ2n) is 6.83. The number of benzene rings is 2. The SMILES string of the molecule is COc1cc(C(=O)Nc2ccn(-c3ccccc3)n2)ccc1OC1CCCC1. The Morgan fingerprint density at radius 2 is 1.86 bits per heavy atom. The first-order valence-corrected chi connectivity index (χ1v) is 9.50. The smallest absolute Gasteiger partial charge is 0.257 e. The van der Waals surface area contributed by atoms with Crippen molar-refractivity contribution in [2.45, 2.75) is 31.8 Å². The van der Waals surface area contributed by atoms with E-state index in [0.29, 0.717) is 22.9 Å². The van der Waals surface area contributed by atoms with Gasteiger partial charge >= 0.3 is 0 Å². The summed E-state index contributed by atoms with van der Waals surface area (Å²) in [6.45, 7) is 0. The highest BCUT2D eigenvalue weighted by Gasteiger charge is 2.19. The van der Waals surface area contributed by atoms with Crippen LogP contribution in [0.4, 0.5) is 5.82 Å². The van der Waals surface area contributed by atoms with Crippen LogP contribution in [0.3, 0.4) is 0 Å². The highest BCUT2D eigenvalue weighted by atomic mass is 16.5.